The van der Waals surface area contributed by atoms with Crippen LogP contribution in [0.3, 0.4) is 0 Å². The Bertz CT molecular complexity index is 1420. The predicted octanol–water partition coefficient (Wildman–Crippen LogP) is 2.85. The van der Waals surface area contributed by atoms with Gasteiger partial charge in [0.1, 0.15) is 17.6 Å². The molecule has 3 aromatic rings. The zero-order chi connectivity index (χ0) is 25.1. The lowest BCUT2D eigenvalue weighted by molar-refractivity contribution is -0.135. The molecule has 5 rings (SSSR count). The van der Waals surface area contributed by atoms with Crippen LogP contribution in [0.2, 0.25) is 0 Å². The highest BCUT2D eigenvalue weighted by atomic mass is 16.2. The number of hydrogen-bond acceptors (Lipinski definition) is 6. The number of amides is 2. The molecule has 2 saturated heterocycles. The van der Waals surface area contributed by atoms with E-state index >= 15 is 0 Å². The van der Waals surface area contributed by atoms with Crippen LogP contribution in [0.25, 0.3) is 10.9 Å². The Balaban J connectivity index is 1.43. The van der Waals surface area contributed by atoms with Crippen molar-refractivity contribution in [2.75, 3.05) is 13.1 Å². The Morgan fingerprint density at radius 1 is 1.03 bits per heavy atom. The molecule has 1 aromatic carbocycles. The van der Waals surface area contributed by atoms with Crippen molar-refractivity contribution >= 4 is 22.7 Å². The quantitative estimate of drug-likeness (QED) is 0.455. The first kappa shape index (κ1) is 23.9. The fourth-order valence-electron chi connectivity index (χ4n) is 5.03. The Hall–Kier alpha value is -3.83. The van der Waals surface area contributed by atoms with Crippen molar-refractivity contribution in [1.82, 2.24) is 24.8 Å². The number of carbonyl (C=O) groups is 2. The molecular formula is C28H29N5O3. The predicted molar refractivity (Wildman–Crippen MR) is 136 cm³/mol. The monoisotopic (exact) mass is 483 g/mol. The van der Waals surface area contributed by atoms with Gasteiger partial charge in [0.15, 0.2) is 0 Å². The van der Waals surface area contributed by atoms with Gasteiger partial charge in [-0.1, -0.05) is 30.9 Å². The Morgan fingerprint density at radius 2 is 1.83 bits per heavy atom. The average Bonchev–Trinajstić information content (AvgIpc) is 3.13. The molecule has 1 atom stereocenters. The third-order valence-corrected chi connectivity index (χ3v) is 6.88. The van der Waals surface area contributed by atoms with E-state index in [4.69, 9.17) is 0 Å². The van der Waals surface area contributed by atoms with Crippen LogP contribution < -0.4 is 10.9 Å². The molecule has 2 amide bonds. The van der Waals surface area contributed by atoms with Crippen LogP contribution in [-0.4, -0.2) is 44.3 Å². The van der Waals surface area contributed by atoms with E-state index in [1.807, 2.05) is 18.3 Å². The highest BCUT2D eigenvalue weighted by Gasteiger charge is 2.30. The van der Waals surface area contributed by atoms with E-state index in [1.165, 1.54) is 35.8 Å². The normalized spacial score (nSPS) is 18.9. The number of imide groups is 1. The van der Waals surface area contributed by atoms with Crippen LogP contribution in [0.5, 0.6) is 0 Å². The molecule has 4 heterocycles. The topological polar surface area (TPSA) is 97.2 Å². The van der Waals surface area contributed by atoms with Crippen molar-refractivity contribution in [2.45, 2.75) is 58.0 Å². The maximum Gasteiger partial charge on any atom is 0.263 e. The fourth-order valence-corrected chi connectivity index (χ4v) is 5.03. The summed E-state index contributed by atoms with van der Waals surface area (Å²) in [6.07, 6.45) is 7.44. The molecule has 0 saturated carbocycles. The summed E-state index contributed by atoms with van der Waals surface area (Å²) < 4.78 is 1.38. The van der Waals surface area contributed by atoms with E-state index in [2.05, 4.69) is 38.1 Å². The number of benzene rings is 1. The lowest BCUT2D eigenvalue weighted by atomic mass is 10.0. The number of rotatable bonds is 3. The third-order valence-electron chi connectivity index (χ3n) is 6.88. The zero-order valence-electron chi connectivity index (χ0n) is 20.4. The van der Waals surface area contributed by atoms with Gasteiger partial charge in [-0.3, -0.25) is 29.2 Å². The molecule has 0 aliphatic carbocycles. The fraction of sp³-hybridized carbons (Fsp3) is 0.393. The molecule has 2 aliphatic rings. The number of aromatic nitrogens is 3. The molecule has 2 aliphatic heterocycles. The van der Waals surface area contributed by atoms with Gasteiger partial charge in [0, 0.05) is 24.7 Å². The average molecular weight is 484 g/mol. The first-order chi connectivity index (χ1) is 17.5. The van der Waals surface area contributed by atoms with E-state index in [-0.39, 0.29) is 24.3 Å². The molecule has 1 unspecified atom stereocenters. The van der Waals surface area contributed by atoms with Crippen molar-refractivity contribution in [3.05, 3.63) is 69.5 Å². The van der Waals surface area contributed by atoms with Gasteiger partial charge in [-0.15, -0.1) is 0 Å². The second-order valence-corrected chi connectivity index (χ2v) is 9.49. The molecule has 0 spiro atoms. The van der Waals surface area contributed by atoms with E-state index in [0.29, 0.717) is 28.0 Å². The first-order valence-electron chi connectivity index (χ1n) is 12.5. The van der Waals surface area contributed by atoms with Crippen LogP contribution in [0.1, 0.15) is 67.2 Å². The molecule has 0 radical (unpaired) electrons. The minimum atomic E-state index is -0.772. The van der Waals surface area contributed by atoms with Gasteiger partial charge in [0.2, 0.25) is 11.8 Å². The van der Waals surface area contributed by atoms with E-state index in [0.717, 1.165) is 19.6 Å². The number of pyridine rings is 1. The number of fused-ring (bicyclic) bond motifs is 1. The number of nitrogens with one attached hydrogen (secondary N) is 1. The standard InChI is InChI=1S/C28H29N5O3/c1-19-30-23-8-6-7-21(26(23)28(36)33(19)24-13-14-25(34)31-27(24)35)10-12-22-11-9-20(17-29-22)18-32-15-4-2-3-5-16-32/h6-9,11,17,24H,2-5,13-16,18H2,1H3,(H,31,34,35). The number of nitrogens with zero attached hydrogens (tertiary/aromatic N) is 4. The number of likely N-dealkylation sites (tertiary alicyclic amines) is 1. The zero-order valence-corrected chi connectivity index (χ0v) is 20.4. The van der Waals surface area contributed by atoms with Crippen molar-refractivity contribution in [3.8, 4) is 11.8 Å². The van der Waals surface area contributed by atoms with Gasteiger partial charge in [0.05, 0.1) is 10.9 Å². The maximum absolute atomic E-state index is 13.5. The van der Waals surface area contributed by atoms with E-state index in [1.54, 1.807) is 19.1 Å². The summed E-state index contributed by atoms with van der Waals surface area (Å²) >= 11 is 0. The van der Waals surface area contributed by atoms with Crippen LogP contribution in [0.4, 0.5) is 0 Å². The molecule has 2 aromatic heterocycles. The second kappa shape index (κ2) is 10.4. The summed E-state index contributed by atoms with van der Waals surface area (Å²) in [6.45, 7) is 4.86. The second-order valence-electron chi connectivity index (χ2n) is 9.49. The lowest BCUT2D eigenvalue weighted by Gasteiger charge is -2.24. The number of aryl methyl sites for hydroxylation is 1. The molecule has 8 nitrogen and oxygen atoms in total. The third kappa shape index (κ3) is 5.07. The van der Waals surface area contributed by atoms with Gasteiger partial charge in [-0.25, -0.2) is 9.97 Å². The highest BCUT2D eigenvalue weighted by molar-refractivity contribution is 5.99. The maximum atomic E-state index is 13.5. The van der Waals surface area contributed by atoms with Crippen molar-refractivity contribution in [2.24, 2.45) is 0 Å². The summed E-state index contributed by atoms with van der Waals surface area (Å²) in [5.41, 5.74) is 2.50. The number of carbonyl (C=O) groups excluding carboxylic acids is 2. The molecule has 2 fully saturated rings. The molecule has 1 N–H and O–H groups in total. The van der Waals surface area contributed by atoms with E-state index in [9.17, 15) is 14.4 Å². The van der Waals surface area contributed by atoms with Gasteiger partial charge in [-0.2, -0.15) is 0 Å². The number of piperidine rings is 1. The SMILES string of the molecule is Cc1nc2cccc(C#Cc3ccc(CN4CCCCCC4)cn3)c2c(=O)n1C1CCC(=O)NC1=O. The first-order valence-corrected chi connectivity index (χ1v) is 12.5. The van der Waals surface area contributed by atoms with Gasteiger partial charge in [-0.05, 0) is 69.0 Å². The molecule has 0 bridgehead atoms. The minimum Gasteiger partial charge on any atom is -0.299 e. The van der Waals surface area contributed by atoms with Crippen molar-refractivity contribution < 1.29 is 9.59 Å². The van der Waals surface area contributed by atoms with Gasteiger partial charge < -0.3 is 0 Å². The molecular weight excluding hydrogens is 454 g/mol. The summed E-state index contributed by atoms with van der Waals surface area (Å²) in [5, 5.41) is 2.68. The van der Waals surface area contributed by atoms with Crippen LogP contribution in [0.15, 0.2) is 41.3 Å². The summed E-state index contributed by atoms with van der Waals surface area (Å²) in [6, 6.07) is 8.55. The number of hydrogen-bond donors (Lipinski definition) is 1. The molecule has 8 heteroatoms. The largest absolute Gasteiger partial charge is 0.299 e. The lowest BCUT2D eigenvalue weighted by Crippen LogP contribution is -2.45. The van der Waals surface area contributed by atoms with Gasteiger partial charge >= 0.3 is 0 Å². The van der Waals surface area contributed by atoms with Crippen molar-refractivity contribution in [3.63, 3.8) is 0 Å². The van der Waals surface area contributed by atoms with Gasteiger partial charge in [0.25, 0.3) is 5.56 Å². The summed E-state index contributed by atoms with van der Waals surface area (Å²) in [4.78, 5) is 49.1. The molecule has 184 valence electrons. The van der Waals surface area contributed by atoms with Crippen molar-refractivity contribution in [1.29, 1.82) is 0 Å². The summed E-state index contributed by atoms with van der Waals surface area (Å²) in [7, 11) is 0. The van der Waals surface area contributed by atoms with Crippen LogP contribution in [-0.2, 0) is 16.1 Å². The summed E-state index contributed by atoms with van der Waals surface area (Å²) in [5.74, 6) is 5.78. The van der Waals surface area contributed by atoms with Crippen LogP contribution >= 0.6 is 0 Å². The van der Waals surface area contributed by atoms with Crippen LogP contribution in [0, 0.1) is 18.8 Å². The van der Waals surface area contributed by atoms with E-state index < -0.39 is 11.9 Å². The Kier molecular flexibility index (Phi) is 6.92. The Morgan fingerprint density at radius 3 is 2.56 bits per heavy atom. The highest BCUT2D eigenvalue weighted by Crippen LogP contribution is 2.21. The molecule has 36 heavy (non-hydrogen) atoms. The smallest absolute Gasteiger partial charge is 0.263 e. The minimum absolute atomic E-state index is 0.182. The Labute approximate surface area is 209 Å².